The Labute approximate surface area is 98.0 Å². The maximum Gasteiger partial charge on any atom is 0.327 e. The van der Waals surface area contributed by atoms with Gasteiger partial charge in [0.2, 0.25) is 5.91 Å². The number of methoxy groups -OCH3 is 1. The molecule has 0 spiro atoms. The normalized spacial score (nSPS) is 22.0. The van der Waals surface area contributed by atoms with Crippen LogP contribution in [0.25, 0.3) is 0 Å². The van der Waals surface area contributed by atoms with Crippen LogP contribution in [0, 0.1) is 5.92 Å². The molecule has 1 amide bonds. The summed E-state index contributed by atoms with van der Waals surface area (Å²) in [5.74, 6) is -2.50. The number of rotatable bonds is 4. The second-order valence-electron chi connectivity index (χ2n) is 3.51. The maximum absolute atomic E-state index is 11.5. The number of esters is 1. The number of aliphatic carboxylic acids is 1. The van der Waals surface area contributed by atoms with Crippen LogP contribution < -0.4 is 0 Å². The Hall–Kier alpha value is -1.24. The van der Waals surface area contributed by atoms with Crippen LogP contribution in [0.5, 0.6) is 0 Å². The van der Waals surface area contributed by atoms with Gasteiger partial charge in [-0.05, 0) is 0 Å². The lowest BCUT2D eigenvalue weighted by Crippen LogP contribution is -2.43. The summed E-state index contributed by atoms with van der Waals surface area (Å²) in [4.78, 5) is 34.8. The van der Waals surface area contributed by atoms with Crippen molar-refractivity contribution in [3.63, 3.8) is 0 Å². The molecule has 0 aromatic carbocycles. The number of carboxylic acids is 1. The van der Waals surface area contributed by atoms with Gasteiger partial charge >= 0.3 is 11.9 Å². The van der Waals surface area contributed by atoms with Crippen LogP contribution >= 0.6 is 12.6 Å². The smallest absolute Gasteiger partial charge is 0.327 e. The number of hydrogen-bond acceptors (Lipinski definition) is 5. The molecular formula is C9H13NO5S. The molecular weight excluding hydrogens is 234 g/mol. The van der Waals surface area contributed by atoms with E-state index in [-0.39, 0.29) is 24.6 Å². The maximum atomic E-state index is 11.5. The molecule has 90 valence electrons. The Bertz CT molecular complexity index is 319. The molecule has 1 fully saturated rings. The van der Waals surface area contributed by atoms with Crippen LogP contribution in [0.15, 0.2) is 0 Å². The lowest BCUT2D eigenvalue weighted by atomic mass is 10.1. The summed E-state index contributed by atoms with van der Waals surface area (Å²) in [6, 6.07) is -0.981. The minimum absolute atomic E-state index is 0.00420. The summed E-state index contributed by atoms with van der Waals surface area (Å²) in [6.07, 6.45) is 0.00420. The predicted octanol–water partition coefficient (Wildman–Crippen LogP) is -0.609. The summed E-state index contributed by atoms with van der Waals surface area (Å²) in [7, 11) is 1.24. The molecule has 1 heterocycles. The first-order valence-corrected chi connectivity index (χ1v) is 5.35. The standard InChI is InChI=1S/C9H13NO5S/c1-15-9(14)5-2-7(11)10(3-5)6(4-16)8(12)13/h5-6,16H,2-4H2,1H3,(H,12,13). The number of carbonyl (C=O) groups excluding carboxylic acids is 2. The number of likely N-dealkylation sites (tertiary alicyclic amines) is 1. The monoisotopic (exact) mass is 247 g/mol. The molecule has 1 N–H and O–H groups in total. The molecule has 0 bridgehead atoms. The zero-order chi connectivity index (χ0) is 12.3. The minimum Gasteiger partial charge on any atom is -0.480 e. The van der Waals surface area contributed by atoms with Crippen LogP contribution in [-0.2, 0) is 19.1 Å². The van der Waals surface area contributed by atoms with Crippen LogP contribution in [0.4, 0.5) is 0 Å². The van der Waals surface area contributed by atoms with Gasteiger partial charge in [0.15, 0.2) is 0 Å². The Kier molecular flexibility index (Phi) is 4.17. The molecule has 0 aliphatic carbocycles. The minimum atomic E-state index is -1.12. The summed E-state index contributed by atoms with van der Waals surface area (Å²) >= 11 is 3.88. The van der Waals surface area contributed by atoms with Gasteiger partial charge in [0.1, 0.15) is 6.04 Å². The van der Waals surface area contributed by atoms with Gasteiger partial charge in [0.05, 0.1) is 13.0 Å². The highest BCUT2D eigenvalue weighted by molar-refractivity contribution is 7.80. The first-order valence-electron chi connectivity index (χ1n) is 4.72. The van der Waals surface area contributed by atoms with E-state index in [0.717, 1.165) is 4.90 Å². The number of amides is 1. The number of nitrogens with zero attached hydrogens (tertiary/aromatic N) is 1. The molecule has 1 rings (SSSR count). The molecule has 1 aliphatic rings. The number of hydrogen-bond donors (Lipinski definition) is 2. The van der Waals surface area contributed by atoms with Crippen molar-refractivity contribution in [2.75, 3.05) is 19.4 Å². The van der Waals surface area contributed by atoms with Gasteiger partial charge in [-0.25, -0.2) is 4.79 Å². The Balaban J connectivity index is 2.74. The summed E-state index contributed by atoms with van der Waals surface area (Å²) in [5, 5.41) is 8.87. The molecule has 0 saturated carbocycles. The molecule has 1 aliphatic heterocycles. The number of carboxylic acid groups (broad SMARTS) is 1. The third kappa shape index (κ3) is 2.46. The zero-order valence-electron chi connectivity index (χ0n) is 8.75. The second-order valence-corrected chi connectivity index (χ2v) is 3.87. The van der Waals surface area contributed by atoms with E-state index in [1.54, 1.807) is 0 Å². The summed E-state index contributed by atoms with van der Waals surface area (Å²) in [5.41, 5.74) is 0. The topological polar surface area (TPSA) is 83.9 Å². The van der Waals surface area contributed by atoms with E-state index in [4.69, 9.17) is 5.11 Å². The van der Waals surface area contributed by atoms with Crippen molar-refractivity contribution >= 4 is 30.5 Å². The third-order valence-electron chi connectivity index (χ3n) is 2.53. The van der Waals surface area contributed by atoms with Crippen LogP contribution in [-0.4, -0.2) is 53.3 Å². The predicted molar refractivity (Wildman–Crippen MR) is 57.1 cm³/mol. The molecule has 7 heteroatoms. The summed E-state index contributed by atoms with van der Waals surface area (Å²) < 4.78 is 4.52. The fourth-order valence-electron chi connectivity index (χ4n) is 1.67. The van der Waals surface area contributed by atoms with E-state index in [9.17, 15) is 14.4 Å². The van der Waals surface area contributed by atoms with Crippen molar-refractivity contribution in [2.45, 2.75) is 12.5 Å². The van der Waals surface area contributed by atoms with Crippen molar-refractivity contribution in [3.05, 3.63) is 0 Å². The van der Waals surface area contributed by atoms with Crippen LogP contribution in [0.2, 0.25) is 0 Å². The second kappa shape index (κ2) is 5.20. The van der Waals surface area contributed by atoms with Crippen molar-refractivity contribution in [1.29, 1.82) is 0 Å². The van der Waals surface area contributed by atoms with Crippen molar-refractivity contribution < 1.29 is 24.2 Å². The van der Waals surface area contributed by atoms with E-state index in [1.807, 2.05) is 0 Å². The van der Waals surface area contributed by atoms with Crippen LogP contribution in [0.3, 0.4) is 0 Å². The molecule has 0 aromatic rings. The van der Waals surface area contributed by atoms with E-state index in [1.165, 1.54) is 7.11 Å². The SMILES string of the molecule is COC(=O)C1CC(=O)N(C(CS)C(=O)O)C1. The first kappa shape index (κ1) is 12.8. The fourth-order valence-corrected chi connectivity index (χ4v) is 2.02. The molecule has 0 aromatic heterocycles. The molecule has 2 unspecified atom stereocenters. The first-order chi connectivity index (χ1) is 7.51. The summed E-state index contributed by atoms with van der Waals surface area (Å²) in [6.45, 7) is 0.0863. The Morgan fingerprint density at radius 1 is 1.69 bits per heavy atom. The van der Waals surface area contributed by atoms with Gasteiger partial charge in [-0.3, -0.25) is 9.59 Å². The average molecular weight is 247 g/mol. The lowest BCUT2D eigenvalue weighted by molar-refractivity contribution is -0.147. The highest BCUT2D eigenvalue weighted by Gasteiger charge is 2.40. The number of carbonyl (C=O) groups is 3. The largest absolute Gasteiger partial charge is 0.480 e. The van der Waals surface area contributed by atoms with Crippen molar-refractivity contribution in [1.82, 2.24) is 4.90 Å². The Morgan fingerprint density at radius 2 is 2.31 bits per heavy atom. The van der Waals surface area contributed by atoms with Gasteiger partial charge in [-0.1, -0.05) is 0 Å². The van der Waals surface area contributed by atoms with E-state index < -0.39 is 23.9 Å². The van der Waals surface area contributed by atoms with Gasteiger partial charge in [0.25, 0.3) is 0 Å². The highest BCUT2D eigenvalue weighted by Crippen LogP contribution is 2.21. The molecule has 0 radical (unpaired) electrons. The van der Waals surface area contributed by atoms with Gasteiger partial charge in [0, 0.05) is 18.7 Å². The van der Waals surface area contributed by atoms with Crippen LogP contribution in [0.1, 0.15) is 6.42 Å². The average Bonchev–Trinajstić information content (AvgIpc) is 2.60. The zero-order valence-corrected chi connectivity index (χ0v) is 9.65. The van der Waals surface area contributed by atoms with Crippen molar-refractivity contribution in [2.24, 2.45) is 5.92 Å². The van der Waals surface area contributed by atoms with E-state index in [2.05, 4.69) is 17.4 Å². The molecule has 16 heavy (non-hydrogen) atoms. The fraction of sp³-hybridized carbons (Fsp3) is 0.667. The quantitative estimate of drug-likeness (QED) is 0.511. The van der Waals surface area contributed by atoms with Gasteiger partial charge in [-0.15, -0.1) is 0 Å². The van der Waals surface area contributed by atoms with Gasteiger partial charge < -0.3 is 14.7 Å². The highest BCUT2D eigenvalue weighted by atomic mass is 32.1. The number of ether oxygens (including phenoxy) is 1. The molecule has 2 atom stereocenters. The van der Waals surface area contributed by atoms with Gasteiger partial charge in [-0.2, -0.15) is 12.6 Å². The van der Waals surface area contributed by atoms with E-state index in [0.29, 0.717) is 0 Å². The molecule has 6 nitrogen and oxygen atoms in total. The van der Waals surface area contributed by atoms with Crippen molar-refractivity contribution in [3.8, 4) is 0 Å². The third-order valence-corrected chi connectivity index (χ3v) is 2.87. The van der Waals surface area contributed by atoms with E-state index >= 15 is 0 Å². The molecule has 1 saturated heterocycles. The lowest BCUT2D eigenvalue weighted by Gasteiger charge is -2.22. The number of thiol groups is 1. The Morgan fingerprint density at radius 3 is 2.75 bits per heavy atom.